The van der Waals surface area contributed by atoms with E-state index in [1.165, 1.54) is 5.69 Å². The molecule has 1 N–H and O–H groups in total. The monoisotopic (exact) mass is 417 g/mol. The Balaban J connectivity index is 1.40. The molecule has 2 aliphatic heterocycles. The molecule has 6 nitrogen and oxygen atoms in total. The van der Waals surface area contributed by atoms with E-state index in [-0.39, 0.29) is 11.4 Å². The van der Waals surface area contributed by atoms with Gasteiger partial charge in [0.25, 0.3) is 5.91 Å². The Hall–Kier alpha value is -3.41. The maximum atomic E-state index is 13.1. The Morgan fingerprint density at radius 1 is 1.06 bits per heavy atom. The fourth-order valence-electron chi connectivity index (χ4n) is 4.80. The van der Waals surface area contributed by atoms with E-state index in [9.17, 15) is 4.79 Å². The van der Waals surface area contributed by atoms with Gasteiger partial charge < -0.3 is 24.3 Å². The summed E-state index contributed by atoms with van der Waals surface area (Å²) in [5.74, 6) is 1.62. The normalized spacial score (nSPS) is 16.3. The van der Waals surface area contributed by atoms with Gasteiger partial charge in [-0.3, -0.25) is 4.79 Å². The molecule has 0 unspecified atom stereocenters. The lowest BCUT2D eigenvalue weighted by Crippen LogP contribution is -2.51. The van der Waals surface area contributed by atoms with Crippen molar-refractivity contribution >= 4 is 11.6 Å². The van der Waals surface area contributed by atoms with Crippen molar-refractivity contribution in [3.8, 4) is 17.2 Å². The molecule has 1 saturated heterocycles. The molecule has 1 amide bonds. The van der Waals surface area contributed by atoms with Gasteiger partial charge in [0.2, 0.25) is 0 Å². The number of hydrogen-bond acceptors (Lipinski definition) is 4. The second-order valence-corrected chi connectivity index (χ2v) is 8.11. The molecular weight excluding hydrogens is 390 g/mol. The second kappa shape index (κ2) is 7.69. The number of fused-ring (bicyclic) bond motifs is 4. The minimum atomic E-state index is -0.202. The van der Waals surface area contributed by atoms with Crippen molar-refractivity contribution in [3.63, 3.8) is 0 Å². The zero-order valence-corrected chi connectivity index (χ0v) is 17.9. The van der Waals surface area contributed by atoms with E-state index in [0.29, 0.717) is 31.0 Å². The quantitative estimate of drug-likeness (QED) is 0.682. The van der Waals surface area contributed by atoms with Crippen LogP contribution in [0.5, 0.6) is 11.5 Å². The topological polar surface area (TPSA) is 55.7 Å². The third-order valence-electron chi connectivity index (χ3n) is 6.37. The first-order chi connectivity index (χ1) is 15.1. The van der Waals surface area contributed by atoms with Crippen molar-refractivity contribution in [1.29, 1.82) is 0 Å². The fraction of sp³-hybridized carbons (Fsp3) is 0.320. The molecule has 0 aliphatic carbocycles. The van der Waals surface area contributed by atoms with Crippen LogP contribution < -0.4 is 14.8 Å². The van der Waals surface area contributed by atoms with E-state index < -0.39 is 0 Å². The predicted octanol–water partition coefficient (Wildman–Crippen LogP) is 4.44. The van der Waals surface area contributed by atoms with Gasteiger partial charge in [0.15, 0.2) is 0 Å². The molecule has 5 rings (SSSR count). The van der Waals surface area contributed by atoms with Gasteiger partial charge >= 0.3 is 0 Å². The molecule has 160 valence electrons. The first kappa shape index (κ1) is 19.5. The van der Waals surface area contributed by atoms with E-state index in [1.807, 2.05) is 42.2 Å². The summed E-state index contributed by atoms with van der Waals surface area (Å²) in [5.41, 5.74) is 3.91. The van der Waals surface area contributed by atoms with Crippen LogP contribution in [0.25, 0.3) is 5.69 Å². The number of aromatic nitrogens is 1. The van der Waals surface area contributed by atoms with Gasteiger partial charge in [-0.1, -0.05) is 6.07 Å². The lowest BCUT2D eigenvalue weighted by Gasteiger charge is -2.46. The highest BCUT2D eigenvalue weighted by molar-refractivity contribution is 5.94. The molecule has 6 heteroatoms. The summed E-state index contributed by atoms with van der Waals surface area (Å²) in [4.78, 5) is 15.0. The third kappa shape index (κ3) is 3.32. The molecule has 31 heavy (non-hydrogen) atoms. The first-order valence-electron chi connectivity index (χ1n) is 10.8. The van der Waals surface area contributed by atoms with Crippen LogP contribution in [-0.4, -0.2) is 42.2 Å². The molecule has 0 atom stereocenters. The van der Waals surface area contributed by atoms with Gasteiger partial charge in [-0.25, -0.2) is 0 Å². The zero-order chi connectivity index (χ0) is 21.4. The summed E-state index contributed by atoms with van der Waals surface area (Å²) < 4.78 is 13.3. The van der Waals surface area contributed by atoms with Gasteiger partial charge in [0.05, 0.1) is 30.6 Å². The number of carbonyl (C=O) groups excluding carboxylic acids is 1. The maximum absolute atomic E-state index is 13.1. The molecule has 2 aliphatic rings. The average molecular weight is 418 g/mol. The summed E-state index contributed by atoms with van der Waals surface area (Å²) in [7, 11) is 1.62. The SMILES string of the molecule is CCOc1ccc2c(c1)NC1(CCN(C(=O)c3cccc(OC)c3)CC1)c1cccn1-2. The minimum Gasteiger partial charge on any atom is -0.497 e. The summed E-state index contributed by atoms with van der Waals surface area (Å²) in [6, 6.07) is 17.9. The van der Waals surface area contributed by atoms with E-state index >= 15 is 0 Å². The minimum absolute atomic E-state index is 0.0546. The number of rotatable bonds is 4. The second-order valence-electron chi connectivity index (χ2n) is 8.11. The lowest BCUT2D eigenvalue weighted by atomic mass is 9.82. The number of anilines is 1. The Morgan fingerprint density at radius 3 is 2.68 bits per heavy atom. The van der Waals surface area contributed by atoms with Crippen molar-refractivity contribution in [1.82, 2.24) is 9.47 Å². The Labute approximate surface area is 182 Å². The van der Waals surface area contributed by atoms with Crippen molar-refractivity contribution in [2.45, 2.75) is 25.3 Å². The number of carbonyl (C=O) groups is 1. The molecule has 0 bridgehead atoms. The molecule has 0 radical (unpaired) electrons. The van der Waals surface area contributed by atoms with Gasteiger partial charge in [-0.15, -0.1) is 0 Å². The molecule has 1 fully saturated rings. The van der Waals surface area contributed by atoms with Gasteiger partial charge in [0, 0.05) is 36.6 Å². The number of amides is 1. The van der Waals surface area contributed by atoms with Gasteiger partial charge in [0.1, 0.15) is 11.5 Å². The number of ether oxygens (including phenoxy) is 2. The van der Waals surface area contributed by atoms with Crippen LogP contribution in [-0.2, 0) is 5.54 Å². The third-order valence-corrected chi connectivity index (χ3v) is 6.37. The van der Waals surface area contributed by atoms with Crippen LogP contribution in [0.3, 0.4) is 0 Å². The molecular formula is C25H27N3O3. The highest BCUT2D eigenvalue weighted by Crippen LogP contribution is 2.44. The van der Waals surface area contributed by atoms with E-state index in [1.54, 1.807) is 7.11 Å². The van der Waals surface area contributed by atoms with E-state index in [2.05, 4.69) is 40.3 Å². The Morgan fingerprint density at radius 2 is 1.90 bits per heavy atom. The molecule has 1 spiro atoms. The standard InChI is InChI=1S/C25H27N3O3/c1-3-31-20-9-10-22-21(17-20)26-25(23-8-5-13-28(22)23)11-14-27(15-12-25)24(29)18-6-4-7-19(16-18)30-2/h4-10,13,16-17,26H,3,11-12,14-15H2,1-2H3. The fourth-order valence-corrected chi connectivity index (χ4v) is 4.80. The molecule has 2 aromatic carbocycles. The first-order valence-corrected chi connectivity index (χ1v) is 10.8. The van der Waals surface area contributed by atoms with Crippen molar-refractivity contribution in [2.75, 3.05) is 32.1 Å². The van der Waals surface area contributed by atoms with Crippen LogP contribution in [0.1, 0.15) is 35.8 Å². The largest absolute Gasteiger partial charge is 0.497 e. The van der Waals surface area contributed by atoms with Gasteiger partial charge in [-0.2, -0.15) is 0 Å². The molecule has 1 aromatic heterocycles. The maximum Gasteiger partial charge on any atom is 0.253 e. The van der Waals surface area contributed by atoms with Gasteiger partial charge in [-0.05, 0) is 62.2 Å². The van der Waals surface area contributed by atoms with E-state index in [0.717, 1.165) is 30.0 Å². The Bertz CT molecular complexity index is 1110. The van der Waals surface area contributed by atoms with Crippen LogP contribution in [0.15, 0.2) is 60.8 Å². The number of nitrogens with zero attached hydrogens (tertiary/aromatic N) is 2. The molecule has 3 heterocycles. The average Bonchev–Trinajstić information content (AvgIpc) is 3.31. The predicted molar refractivity (Wildman–Crippen MR) is 120 cm³/mol. The number of piperidine rings is 1. The number of nitrogens with one attached hydrogen (secondary N) is 1. The lowest BCUT2D eigenvalue weighted by molar-refractivity contribution is 0.0676. The zero-order valence-electron chi connectivity index (χ0n) is 17.9. The van der Waals surface area contributed by atoms with Crippen molar-refractivity contribution in [3.05, 3.63) is 72.1 Å². The van der Waals surface area contributed by atoms with E-state index in [4.69, 9.17) is 9.47 Å². The highest BCUT2D eigenvalue weighted by Gasteiger charge is 2.42. The van der Waals surface area contributed by atoms with Crippen LogP contribution in [0, 0.1) is 0 Å². The Kier molecular flexibility index (Phi) is 4.85. The summed E-state index contributed by atoms with van der Waals surface area (Å²) >= 11 is 0. The number of methoxy groups -OCH3 is 1. The summed E-state index contributed by atoms with van der Waals surface area (Å²) in [6.45, 7) is 4.01. The van der Waals surface area contributed by atoms with Crippen molar-refractivity contribution in [2.24, 2.45) is 0 Å². The van der Waals surface area contributed by atoms with Crippen molar-refractivity contribution < 1.29 is 14.3 Å². The number of hydrogen-bond donors (Lipinski definition) is 1. The van der Waals surface area contributed by atoms with Crippen LogP contribution in [0.2, 0.25) is 0 Å². The highest BCUT2D eigenvalue weighted by atomic mass is 16.5. The van der Waals surface area contributed by atoms with Crippen LogP contribution in [0.4, 0.5) is 5.69 Å². The molecule has 3 aromatic rings. The summed E-state index contributed by atoms with van der Waals surface area (Å²) in [5, 5.41) is 3.81. The summed E-state index contributed by atoms with van der Waals surface area (Å²) in [6.07, 6.45) is 3.79. The molecule has 0 saturated carbocycles. The number of benzene rings is 2. The number of likely N-dealkylation sites (tertiary alicyclic amines) is 1. The smallest absolute Gasteiger partial charge is 0.253 e. The van der Waals surface area contributed by atoms with Crippen LogP contribution >= 0.6 is 0 Å².